The van der Waals surface area contributed by atoms with Crippen LogP contribution in [0.3, 0.4) is 0 Å². The molecule has 0 saturated heterocycles. The molecule has 20 heavy (non-hydrogen) atoms. The van der Waals surface area contributed by atoms with E-state index in [1.165, 1.54) is 0 Å². The zero-order chi connectivity index (χ0) is 14.2. The van der Waals surface area contributed by atoms with Crippen LogP contribution in [0.4, 0.5) is 0 Å². The summed E-state index contributed by atoms with van der Waals surface area (Å²) in [4.78, 5) is 12.6. The van der Waals surface area contributed by atoms with Crippen molar-refractivity contribution >= 4 is 5.91 Å². The maximum Gasteiger partial charge on any atom is 0.228 e. The Bertz CT molecular complexity index is 504. The van der Waals surface area contributed by atoms with Crippen LogP contribution in [0.15, 0.2) is 0 Å². The summed E-state index contributed by atoms with van der Waals surface area (Å²) >= 11 is 0. The number of nitrogens with one attached hydrogen (secondary N) is 1. The fourth-order valence-electron chi connectivity index (χ4n) is 3.48. The van der Waals surface area contributed by atoms with Gasteiger partial charge in [-0.2, -0.15) is 0 Å². The standard InChI is InChI=1S/C14H23N5O/c1-10(12-18-17-11-5-4-8-19(11)12)16-13(20)14(9-15)6-2-3-7-14/h10H,2-9,15H2,1H3,(H,16,20). The van der Waals surface area contributed by atoms with Gasteiger partial charge in [0.1, 0.15) is 5.82 Å². The van der Waals surface area contributed by atoms with Crippen molar-refractivity contribution in [2.75, 3.05) is 6.54 Å². The Balaban J connectivity index is 1.72. The highest BCUT2D eigenvalue weighted by molar-refractivity contribution is 5.83. The molecule has 0 bridgehead atoms. The Morgan fingerprint density at radius 3 is 2.85 bits per heavy atom. The molecule has 0 aromatic carbocycles. The first-order valence-electron chi connectivity index (χ1n) is 7.59. The molecule has 2 aliphatic rings. The number of hydrogen-bond donors (Lipinski definition) is 2. The van der Waals surface area contributed by atoms with Crippen molar-refractivity contribution < 1.29 is 4.79 Å². The van der Waals surface area contributed by atoms with Gasteiger partial charge in [0.2, 0.25) is 5.91 Å². The van der Waals surface area contributed by atoms with E-state index >= 15 is 0 Å². The Labute approximate surface area is 119 Å². The first-order valence-corrected chi connectivity index (χ1v) is 7.59. The first-order chi connectivity index (χ1) is 9.66. The van der Waals surface area contributed by atoms with Crippen LogP contribution < -0.4 is 11.1 Å². The minimum absolute atomic E-state index is 0.0837. The van der Waals surface area contributed by atoms with Crippen LogP contribution in [0, 0.1) is 5.41 Å². The third-order valence-corrected chi connectivity index (χ3v) is 4.81. The largest absolute Gasteiger partial charge is 0.346 e. The second-order valence-electron chi connectivity index (χ2n) is 6.12. The Hall–Kier alpha value is -1.43. The second-order valence-corrected chi connectivity index (χ2v) is 6.12. The number of aromatic nitrogens is 3. The summed E-state index contributed by atoms with van der Waals surface area (Å²) in [6.45, 7) is 3.37. The van der Waals surface area contributed by atoms with E-state index in [-0.39, 0.29) is 17.4 Å². The molecule has 1 amide bonds. The minimum atomic E-state index is -0.359. The number of carbonyl (C=O) groups is 1. The summed E-state index contributed by atoms with van der Waals surface area (Å²) in [6.07, 6.45) is 6.10. The van der Waals surface area contributed by atoms with Gasteiger partial charge in [0.05, 0.1) is 11.5 Å². The predicted octanol–water partition coefficient (Wildman–Crippen LogP) is 0.921. The van der Waals surface area contributed by atoms with E-state index in [0.29, 0.717) is 6.54 Å². The Kier molecular flexibility index (Phi) is 3.50. The Morgan fingerprint density at radius 1 is 1.40 bits per heavy atom. The highest BCUT2D eigenvalue weighted by Crippen LogP contribution is 2.37. The number of hydrogen-bond acceptors (Lipinski definition) is 4. The number of amides is 1. The molecule has 2 heterocycles. The van der Waals surface area contributed by atoms with E-state index in [1.807, 2.05) is 6.92 Å². The lowest BCUT2D eigenvalue weighted by molar-refractivity contribution is -0.131. The van der Waals surface area contributed by atoms with E-state index in [0.717, 1.165) is 56.7 Å². The maximum absolute atomic E-state index is 12.6. The molecule has 6 nitrogen and oxygen atoms in total. The van der Waals surface area contributed by atoms with Crippen molar-refractivity contribution in [3.05, 3.63) is 11.6 Å². The third kappa shape index (κ3) is 2.12. The van der Waals surface area contributed by atoms with Crippen molar-refractivity contribution in [1.82, 2.24) is 20.1 Å². The van der Waals surface area contributed by atoms with Crippen LogP contribution in [-0.4, -0.2) is 27.2 Å². The molecule has 1 aliphatic heterocycles. The smallest absolute Gasteiger partial charge is 0.228 e. The summed E-state index contributed by atoms with van der Waals surface area (Å²) in [5, 5.41) is 11.5. The van der Waals surface area contributed by atoms with E-state index in [2.05, 4.69) is 20.1 Å². The topological polar surface area (TPSA) is 85.8 Å². The van der Waals surface area contributed by atoms with Gasteiger partial charge in [0.15, 0.2) is 5.82 Å². The van der Waals surface area contributed by atoms with Gasteiger partial charge in [-0.3, -0.25) is 4.79 Å². The molecule has 0 radical (unpaired) electrons. The fourth-order valence-corrected chi connectivity index (χ4v) is 3.48. The number of nitrogens with zero attached hydrogens (tertiary/aromatic N) is 3. The lowest BCUT2D eigenvalue weighted by atomic mass is 9.85. The minimum Gasteiger partial charge on any atom is -0.346 e. The van der Waals surface area contributed by atoms with Gasteiger partial charge in [0.25, 0.3) is 0 Å². The zero-order valence-corrected chi connectivity index (χ0v) is 12.1. The van der Waals surface area contributed by atoms with Crippen LogP contribution in [-0.2, 0) is 17.8 Å². The van der Waals surface area contributed by atoms with E-state index < -0.39 is 0 Å². The number of fused-ring (bicyclic) bond motifs is 1. The number of aryl methyl sites for hydroxylation is 1. The SMILES string of the molecule is CC(NC(=O)C1(CN)CCCC1)c1nnc2n1CCC2. The normalized spacial score (nSPS) is 21.7. The van der Waals surface area contributed by atoms with Crippen LogP contribution in [0.25, 0.3) is 0 Å². The first kappa shape index (κ1) is 13.5. The van der Waals surface area contributed by atoms with Gasteiger partial charge in [0, 0.05) is 19.5 Å². The van der Waals surface area contributed by atoms with Crippen molar-refractivity contribution in [3.8, 4) is 0 Å². The molecule has 3 rings (SSSR count). The van der Waals surface area contributed by atoms with Crippen LogP contribution in [0.5, 0.6) is 0 Å². The van der Waals surface area contributed by atoms with Gasteiger partial charge in [-0.05, 0) is 26.2 Å². The van der Waals surface area contributed by atoms with Crippen LogP contribution >= 0.6 is 0 Å². The van der Waals surface area contributed by atoms with Gasteiger partial charge in [-0.1, -0.05) is 12.8 Å². The third-order valence-electron chi connectivity index (χ3n) is 4.81. The molecule has 3 N–H and O–H groups in total. The molecule has 110 valence electrons. The van der Waals surface area contributed by atoms with Crippen molar-refractivity contribution in [2.24, 2.45) is 11.1 Å². The highest BCUT2D eigenvalue weighted by Gasteiger charge is 2.40. The molecule has 1 fully saturated rings. The molecule has 1 aromatic rings. The molecule has 1 atom stereocenters. The molecule has 1 saturated carbocycles. The molecular formula is C14H23N5O. The summed E-state index contributed by atoms with van der Waals surface area (Å²) in [6, 6.07) is -0.106. The molecule has 6 heteroatoms. The number of nitrogens with two attached hydrogens (primary N) is 1. The number of carbonyl (C=O) groups excluding carboxylic acids is 1. The molecule has 1 aliphatic carbocycles. The summed E-state index contributed by atoms with van der Waals surface area (Å²) in [5.74, 6) is 1.99. The summed E-state index contributed by atoms with van der Waals surface area (Å²) in [7, 11) is 0. The quantitative estimate of drug-likeness (QED) is 0.857. The van der Waals surface area contributed by atoms with Gasteiger partial charge in [-0.25, -0.2) is 0 Å². The summed E-state index contributed by atoms with van der Waals surface area (Å²) < 4.78 is 2.13. The Morgan fingerprint density at radius 2 is 2.15 bits per heavy atom. The average molecular weight is 277 g/mol. The highest BCUT2D eigenvalue weighted by atomic mass is 16.2. The van der Waals surface area contributed by atoms with Crippen LogP contribution in [0.2, 0.25) is 0 Å². The molecule has 1 aromatic heterocycles. The molecule has 0 spiro atoms. The van der Waals surface area contributed by atoms with Gasteiger partial charge < -0.3 is 15.6 Å². The van der Waals surface area contributed by atoms with E-state index in [9.17, 15) is 4.79 Å². The predicted molar refractivity (Wildman–Crippen MR) is 74.9 cm³/mol. The molecule has 1 unspecified atom stereocenters. The van der Waals surface area contributed by atoms with Gasteiger partial charge >= 0.3 is 0 Å². The fraction of sp³-hybridized carbons (Fsp3) is 0.786. The van der Waals surface area contributed by atoms with Crippen molar-refractivity contribution in [2.45, 2.75) is 58.0 Å². The second kappa shape index (κ2) is 5.16. The molecular weight excluding hydrogens is 254 g/mol. The van der Waals surface area contributed by atoms with E-state index in [4.69, 9.17) is 5.73 Å². The lowest BCUT2D eigenvalue weighted by Gasteiger charge is -2.27. The number of rotatable bonds is 4. The lowest BCUT2D eigenvalue weighted by Crippen LogP contribution is -2.45. The zero-order valence-electron chi connectivity index (χ0n) is 12.1. The monoisotopic (exact) mass is 277 g/mol. The van der Waals surface area contributed by atoms with Crippen molar-refractivity contribution in [1.29, 1.82) is 0 Å². The van der Waals surface area contributed by atoms with Gasteiger partial charge in [-0.15, -0.1) is 10.2 Å². The average Bonchev–Trinajstić information content (AvgIpc) is 3.14. The maximum atomic E-state index is 12.6. The summed E-state index contributed by atoms with van der Waals surface area (Å²) in [5.41, 5.74) is 5.50. The van der Waals surface area contributed by atoms with Crippen LogP contribution in [0.1, 0.15) is 56.7 Å². The van der Waals surface area contributed by atoms with E-state index in [1.54, 1.807) is 0 Å². The van der Waals surface area contributed by atoms with Crippen molar-refractivity contribution in [3.63, 3.8) is 0 Å².